The van der Waals surface area contributed by atoms with Crippen LogP contribution in [0.2, 0.25) is 0 Å². The molecule has 1 aliphatic rings. The van der Waals surface area contributed by atoms with E-state index >= 15 is 0 Å². The van der Waals surface area contributed by atoms with Crippen LogP contribution in [0.3, 0.4) is 0 Å². The van der Waals surface area contributed by atoms with Crippen LogP contribution >= 0.6 is 11.3 Å². The number of aryl methyl sites for hydroxylation is 1. The van der Waals surface area contributed by atoms with Gasteiger partial charge in [-0.05, 0) is 57.5 Å². The molecule has 3 heterocycles. The Labute approximate surface area is 158 Å². The van der Waals surface area contributed by atoms with E-state index < -0.39 is 0 Å². The van der Waals surface area contributed by atoms with Gasteiger partial charge in [-0.1, -0.05) is 18.1 Å². The number of thiophene rings is 1. The fourth-order valence-corrected chi connectivity index (χ4v) is 4.70. The van der Waals surface area contributed by atoms with Crippen molar-refractivity contribution in [3.8, 4) is 0 Å². The van der Waals surface area contributed by atoms with Crippen LogP contribution in [0.25, 0.3) is 21.1 Å². The van der Waals surface area contributed by atoms with Gasteiger partial charge in [0, 0.05) is 29.9 Å². The molecule has 4 rings (SSSR count). The maximum atomic E-state index is 12.5. The number of hydrogen-bond acceptors (Lipinski definition) is 4. The lowest BCUT2D eigenvalue weighted by Gasteiger charge is -2.33. The van der Waals surface area contributed by atoms with Crippen molar-refractivity contribution in [3.63, 3.8) is 0 Å². The molecule has 1 aromatic carbocycles. The molecule has 0 unspecified atom stereocenters. The topological polar surface area (TPSA) is 45.2 Å². The van der Waals surface area contributed by atoms with Gasteiger partial charge in [-0.2, -0.15) is 0 Å². The highest BCUT2D eigenvalue weighted by atomic mass is 32.1. The van der Waals surface area contributed by atoms with E-state index in [1.807, 2.05) is 12.1 Å². The summed E-state index contributed by atoms with van der Waals surface area (Å²) in [5.74, 6) is 0.0119. The number of benzene rings is 1. The van der Waals surface area contributed by atoms with Crippen molar-refractivity contribution in [2.24, 2.45) is 0 Å². The third-order valence-electron chi connectivity index (χ3n) is 5.31. The minimum atomic E-state index is 0.0119. The molecule has 0 bridgehead atoms. The van der Waals surface area contributed by atoms with Crippen molar-refractivity contribution < 1.29 is 4.79 Å². The maximum absolute atomic E-state index is 12.5. The van der Waals surface area contributed by atoms with Crippen LogP contribution in [-0.2, 0) is 0 Å². The van der Waals surface area contributed by atoms with E-state index in [0.29, 0.717) is 12.6 Å². The Morgan fingerprint density at radius 2 is 2.15 bits per heavy atom. The number of fused-ring (bicyclic) bond motifs is 2. The first-order valence-corrected chi connectivity index (χ1v) is 10.2. The highest BCUT2D eigenvalue weighted by molar-refractivity contribution is 7.20. The van der Waals surface area contributed by atoms with E-state index in [9.17, 15) is 4.79 Å². The van der Waals surface area contributed by atoms with Gasteiger partial charge in [-0.3, -0.25) is 9.69 Å². The number of nitrogens with zero attached hydrogens (tertiary/aromatic N) is 2. The lowest BCUT2D eigenvalue weighted by Crippen LogP contribution is -2.42. The predicted octanol–water partition coefficient (Wildman–Crippen LogP) is 4.36. The van der Waals surface area contributed by atoms with Crippen LogP contribution in [0.4, 0.5) is 0 Å². The number of nitrogens with one attached hydrogen (secondary N) is 1. The lowest BCUT2D eigenvalue weighted by atomic mass is 10.0. The number of aromatic nitrogens is 1. The maximum Gasteiger partial charge on any atom is 0.261 e. The Morgan fingerprint density at radius 1 is 1.27 bits per heavy atom. The van der Waals surface area contributed by atoms with Crippen LogP contribution in [0.1, 0.15) is 41.4 Å². The third kappa shape index (κ3) is 3.60. The van der Waals surface area contributed by atoms with E-state index in [2.05, 4.69) is 42.3 Å². The molecule has 0 spiro atoms. The Hall–Kier alpha value is -1.98. The molecular weight excluding hydrogens is 342 g/mol. The molecule has 26 heavy (non-hydrogen) atoms. The largest absolute Gasteiger partial charge is 0.350 e. The monoisotopic (exact) mass is 367 g/mol. The summed E-state index contributed by atoms with van der Waals surface area (Å²) in [6.45, 7) is 7.14. The van der Waals surface area contributed by atoms with E-state index in [1.54, 1.807) is 0 Å². The van der Waals surface area contributed by atoms with Gasteiger partial charge in [-0.25, -0.2) is 4.98 Å². The summed E-state index contributed by atoms with van der Waals surface area (Å²) < 4.78 is 0. The van der Waals surface area contributed by atoms with Gasteiger partial charge in [-0.15, -0.1) is 11.3 Å². The van der Waals surface area contributed by atoms with Gasteiger partial charge in [0.15, 0.2) is 0 Å². The van der Waals surface area contributed by atoms with Crippen molar-refractivity contribution in [3.05, 3.63) is 40.8 Å². The van der Waals surface area contributed by atoms with Gasteiger partial charge >= 0.3 is 0 Å². The quantitative estimate of drug-likeness (QED) is 0.745. The highest BCUT2D eigenvalue weighted by Crippen LogP contribution is 2.28. The summed E-state index contributed by atoms with van der Waals surface area (Å²) in [7, 11) is 0. The van der Waals surface area contributed by atoms with Crippen LogP contribution in [-0.4, -0.2) is 41.5 Å². The number of likely N-dealkylation sites (tertiary alicyclic amines) is 1. The van der Waals surface area contributed by atoms with E-state index in [0.717, 1.165) is 39.1 Å². The van der Waals surface area contributed by atoms with Crippen molar-refractivity contribution in [1.82, 2.24) is 15.2 Å². The zero-order chi connectivity index (χ0) is 18.1. The number of rotatable bonds is 4. The van der Waals surface area contributed by atoms with Crippen molar-refractivity contribution in [1.29, 1.82) is 0 Å². The predicted molar refractivity (Wildman–Crippen MR) is 109 cm³/mol. The van der Waals surface area contributed by atoms with Crippen LogP contribution < -0.4 is 5.32 Å². The van der Waals surface area contributed by atoms with Crippen LogP contribution in [0.15, 0.2) is 30.3 Å². The van der Waals surface area contributed by atoms with Crippen molar-refractivity contribution >= 4 is 38.4 Å². The van der Waals surface area contributed by atoms with E-state index in [1.165, 1.54) is 36.2 Å². The van der Waals surface area contributed by atoms with E-state index in [4.69, 9.17) is 4.98 Å². The first-order valence-electron chi connectivity index (χ1n) is 9.43. The Balaban J connectivity index is 1.45. The number of piperidine rings is 1. The number of hydrogen-bond donors (Lipinski definition) is 1. The van der Waals surface area contributed by atoms with Gasteiger partial charge in [0.05, 0.1) is 10.4 Å². The molecule has 5 heteroatoms. The first kappa shape index (κ1) is 17.4. The van der Waals surface area contributed by atoms with Crippen LogP contribution in [0, 0.1) is 6.92 Å². The molecular formula is C21H25N3OS. The smallest absolute Gasteiger partial charge is 0.261 e. The molecule has 1 fully saturated rings. The van der Waals surface area contributed by atoms with E-state index in [-0.39, 0.29) is 5.91 Å². The molecule has 0 radical (unpaired) electrons. The number of carbonyl (C=O) groups is 1. The Kier molecular flexibility index (Phi) is 4.92. The SMILES string of the molecule is Cc1ccc2nc3sc(C(=O)NCCN4CCCC[C@H]4C)cc3cc2c1. The molecule has 4 nitrogen and oxygen atoms in total. The second kappa shape index (κ2) is 7.33. The zero-order valence-corrected chi connectivity index (χ0v) is 16.2. The molecule has 1 N–H and O–H groups in total. The zero-order valence-electron chi connectivity index (χ0n) is 15.4. The first-order chi connectivity index (χ1) is 12.6. The summed E-state index contributed by atoms with van der Waals surface area (Å²) in [4.78, 5) is 21.4. The van der Waals surface area contributed by atoms with Gasteiger partial charge in [0.2, 0.25) is 0 Å². The Morgan fingerprint density at radius 3 is 3.00 bits per heavy atom. The fourth-order valence-electron chi connectivity index (χ4n) is 3.76. The highest BCUT2D eigenvalue weighted by Gasteiger charge is 2.18. The molecule has 136 valence electrons. The lowest BCUT2D eigenvalue weighted by molar-refractivity contribution is 0.0942. The van der Waals surface area contributed by atoms with Gasteiger partial charge in [0.25, 0.3) is 5.91 Å². The minimum Gasteiger partial charge on any atom is -0.350 e. The minimum absolute atomic E-state index is 0.0119. The normalized spacial score (nSPS) is 18.5. The van der Waals surface area contributed by atoms with Crippen molar-refractivity contribution in [2.45, 2.75) is 39.2 Å². The second-order valence-corrected chi connectivity index (χ2v) is 8.36. The molecule has 1 saturated heterocycles. The summed E-state index contributed by atoms with van der Waals surface area (Å²) in [5, 5.41) is 5.25. The summed E-state index contributed by atoms with van der Waals surface area (Å²) >= 11 is 1.47. The van der Waals surface area contributed by atoms with Crippen molar-refractivity contribution in [2.75, 3.05) is 19.6 Å². The fraction of sp³-hybridized carbons (Fsp3) is 0.429. The second-order valence-electron chi connectivity index (χ2n) is 7.33. The van der Waals surface area contributed by atoms with Gasteiger partial charge < -0.3 is 5.32 Å². The molecule has 3 aromatic rings. The number of carbonyl (C=O) groups excluding carboxylic acids is 1. The molecule has 1 atom stereocenters. The van der Waals surface area contributed by atoms with Crippen LogP contribution in [0.5, 0.6) is 0 Å². The summed E-state index contributed by atoms with van der Waals surface area (Å²) in [6.07, 6.45) is 3.86. The molecule has 0 saturated carbocycles. The summed E-state index contributed by atoms with van der Waals surface area (Å²) in [6, 6.07) is 11.0. The number of amides is 1. The number of pyridine rings is 1. The molecule has 1 aliphatic heterocycles. The third-order valence-corrected chi connectivity index (χ3v) is 6.35. The average molecular weight is 368 g/mol. The van der Waals surface area contributed by atoms with Gasteiger partial charge in [0.1, 0.15) is 4.83 Å². The molecule has 1 amide bonds. The average Bonchev–Trinajstić information content (AvgIpc) is 3.04. The summed E-state index contributed by atoms with van der Waals surface area (Å²) in [5.41, 5.74) is 2.20. The molecule has 2 aromatic heterocycles. The standard InChI is InChI=1S/C21H25N3OS/c1-14-6-7-18-16(11-14)12-17-13-19(26-21(17)23-18)20(25)22-8-10-24-9-4-3-5-15(24)2/h6-7,11-13,15H,3-5,8-10H2,1-2H3,(H,22,25)/t15-/m1/s1. The molecule has 0 aliphatic carbocycles. The Bertz CT molecular complexity index is 949.